The Balaban J connectivity index is 1.93. The van der Waals surface area contributed by atoms with Gasteiger partial charge in [0.2, 0.25) is 5.88 Å². The largest absolute Gasteiger partial charge is 0.464 e. The zero-order chi connectivity index (χ0) is 18.2. The van der Waals surface area contributed by atoms with E-state index in [-0.39, 0.29) is 26.7 Å². The van der Waals surface area contributed by atoms with Gasteiger partial charge in [-0.05, 0) is 30.3 Å². The zero-order valence-corrected chi connectivity index (χ0v) is 14.3. The van der Waals surface area contributed by atoms with Gasteiger partial charge < -0.3 is 9.15 Å². The number of halogens is 6. The van der Waals surface area contributed by atoms with E-state index in [0.29, 0.717) is 23.6 Å². The van der Waals surface area contributed by atoms with Crippen molar-refractivity contribution in [3.63, 3.8) is 0 Å². The van der Waals surface area contributed by atoms with E-state index in [1.165, 1.54) is 6.26 Å². The molecular weight excluding hydrogens is 402 g/mol. The SMILES string of the molecule is FC(F)(F)c1cnc(Oc2c(Cl)cc(-c3ccco3)cc2Cl)c(Cl)c1. The summed E-state index contributed by atoms with van der Waals surface area (Å²) in [6, 6.07) is 7.21. The van der Waals surface area contributed by atoms with Gasteiger partial charge in [-0.1, -0.05) is 34.8 Å². The van der Waals surface area contributed by atoms with E-state index in [1.807, 2.05) is 0 Å². The third-order valence-corrected chi connectivity index (χ3v) is 3.97. The first-order valence-corrected chi connectivity index (χ1v) is 7.82. The van der Waals surface area contributed by atoms with Gasteiger partial charge in [0.15, 0.2) is 5.75 Å². The van der Waals surface area contributed by atoms with Crippen LogP contribution in [0.15, 0.2) is 47.2 Å². The molecule has 130 valence electrons. The van der Waals surface area contributed by atoms with E-state index in [2.05, 4.69) is 4.98 Å². The second-order valence-corrected chi connectivity index (χ2v) is 6.08. The van der Waals surface area contributed by atoms with Crippen LogP contribution in [-0.2, 0) is 6.18 Å². The highest BCUT2D eigenvalue weighted by atomic mass is 35.5. The summed E-state index contributed by atoms with van der Waals surface area (Å²) >= 11 is 18.1. The second-order valence-electron chi connectivity index (χ2n) is 4.86. The quantitative estimate of drug-likeness (QED) is 0.463. The van der Waals surface area contributed by atoms with Crippen molar-refractivity contribution in [3.05, 3.63) is 63.4 Å². The van der Waals surface area contributed by atoms with Gasteiger partial charge in [-0.15, -0.1) is 0 Å². The maximum absolute atomic E-state index is 12.6. The highest BCUT2D eigenvalue weighted by Gasteiger charge is 2.32. The Labute approximate surface area is 154 Å². The number of rotatable bonds is 3. The fourth-order valence-corrected chi connectivity index (χ4v) is 2.76. The van der Waals surface area contributed by atoms with E-state index >= 15 is 0 Å². The Morgan fingerprint density at radius 3 is 2.20 bits per heavy atom. The molecule has 3 nitrogen and oxygen atoms in total. The molecule has 0 aliphatic rings. The normalized spacial score (nSPS) is 11.6. The maximum Gasteiger partial charge on any atom is 0.417 e. The summed E-state index contributed by atoms with van der Waals surface area (Å²) in [4.78, 5) is 3.58. The van der Waals surface area contributed by atoms with Crippen LogP contribution in [0.25, 0.3) is 11.3 Å². The lowest BCUT2D eigenvalue weighted by atomic mass is 10.1. The molecule has 3 aromatic rings. The molecule has 0 amide bonds. The van der Waals surface area contributed by atoms with Gasteiger partial charge in [-0.3, -0.25) is 0 Å². The minimum absolute atomic E-state index is 0.0211. The van der Waals surface area contributed by atoms with Crippen LogP contribution in [0.3, 0.4) is 0 Å². The molecule has 0 bridgehead atoms. The summed E-state index contributed by atoms with van der Waals surface area (Å²) in [6.45, 7) is 0. The average molecular weight is 409 g/mol. The van der Waals surface area contributed by atoms with E-state index < -0.39 is 11.7 Å². The number of aromatic nitrogens is 1. The van der Waals surface area contributed by atoms with Gasteiger partial charge in [-0.25, -0.2) is 4.98 Å². The molecule has 0 atom stereocenters. The number of benzene rings is 1. The first-order valence-electron chi connectivity index (χ1n) is 6.69. The number of hydrogen-bond acceptors (Lipinski definition) is 3. The minimum Gasteiger partial charge on any atom is -0.464 e. The van der Waals surface area contributed by atoms with Crippen molar-refractivity contribution in [1.82, 2.24) is 4.98 Å². The van der Waals surface area contributed by atoms with Gasteiger partial charge in [0, 0.05) is 11.8 Å². The van der Waals surface area contributed by atoms with Crippen molar-refractivity contribution < 1.29 is 22.3 Å². The summed E-state index contributed by atoms with van der Waals surface area (Å²) in [5, 5.41) is -0.0783. The molecule has 0 unspecified atom stereocenters. The molecule has 1 aromatic carbocycles. The van der Waals surface area contributed by atoms with Crippen molar-refractivity contribution in [2.45, 2.75) is 6.18 Å². The number of pyridine rings is 1. The average Bonchev–Trinajstić information content (AvgIpc) is 3.05. The molecule has 0 N–H and O–H groups in total. The molecule has 9 heteroatoms. The fraction of sp³-hybridized carbons (Fsp3) is 0.0625. The van der Waals surface area contributed by atoms with Crippen molar-refractivity contribution in [1.29, 1.82) is 0 Å². The van der Waals surface area contributed by atoms with Crippen LogP contribution in [0.5, 0.6) is 11.6 Å². The number of ether oxygens (including phenoxy) is 1. The van der Waals surface area contributed by atoms with Crippen LogP contribution in [0, 0.1) is 0 Å². The van der Waals surface area contributed by atoms with E-state index in [0.717, 1.165) is 0 Å². The summed E-state index contributed by atoms with van der Waals surface area (Å²) < 4.78 is 48.6. The predicted octanol–water partition coefficient (Wildman–Crippen LogP) is 7.11. The van der Waals surface area contributed by atoms with Crippen molar-refractivity contribution in [3.8, 4) is 23.0 Å². The summed E-state index contributed by atoms with van der Waals surface area (Å²) in [5.74, 6) is 0.318. The summed E-state index contributed by atoms with van der Waals surface area (Å²) in [6.07, 6.45) is -2.46. The summed E-state index contributed by atoms with van der Waals surface area (Å²) in [7, 11) is 0. The Morgan fingerprint density at radius 2 is 1.68 bits per heavy atom. The molecule has 25 heavy (non-hydrogen) atoms. The molecule has 0 spiro atoms. The molecule has 0 radical (unpaired) electrons. The first kappa shape index (κ1) is 17.9. The van der Waals surface area contributed by atoms with Gasteiger partial charge in [0.1, 0.15) is 10.8 Å². The standard InChI is InChI=1S/C16H7Cl3F3NO2/c17-10-4-8(13-2-1-3-24-13)5-11(18)14(10)25-15-12(19)6-9(7-23-15)16(20,21)22/h1-7H. The van der Waals surface area contributed by atoms with E-state index in [4.69, 9.17) is 44.0 Å². The Hall–Kier alpha value is -1.89. The topological polar surface area (TPSA) is 35.3 Å². The van der Waals surface area contributed by atoms with Gasteiger partial charge >= 0.3 is 6.18 Å². The lowest BCUT2D eigenvalue weighted by molar-refractivity contribution is -0.137. The Kier molecular flexibility index (Phi) is 4.86. The van der Waals surface area contributed by atoms with Crippen molar-refractivity contribution in [2.24, 2.45) is 0 Å². The lowest BCUT2D eigenvalue weighted by Crippen LogP contribution is -2.05. The maximum atomic E-state index is 12.6. The van der Waals surface area contributed by atoms with Crippen LogP contribution in [0.1, 0.15) is 5.56 Å². The molecule has 0 fully saturated rings. The highest BCUT2D eigenvalue weighted by Crippen LogP contribution is 2.41. The molecule has 0 aliphatic carbocycles. The van der Waals surface area contributed by atoms with E-state index in [1.54, 1.807) is 24.3 Å². The van der Waals surface area contributed by atoms with Crippen molar-refractivity contribution in [2.75, 3.05) is 0 Å². The Morgan fingerprint density at radius 1 is 1.00 bits per heavy atom. The third kappa shape index (κ3) is 3.86. The van der Waals surface area contributed by atoms with E-state index in [9.17, 15) is 13.2 Å². The highest BCUT2D eigenvalue weighted by molar-refractivity contribution is 6.37. The van der Waals surface area contributed by atoms with Crippen LogP contribution in [-0.4, -0.2) is 4.98 Å². The molecule has 0 saturated heterocycles. The summed E-state index contributed by atoms with van der Waals surface area (Å²) in [5.41, 5.74) is -0.381. The number of furan rings is 1. The second kappa shape index (κ2) is 6.78. The first-order chi connectivity index (χ1) is 11.8. The Bertz CT molecular complexity index is 888. The number of alkyl halides is 3. The molecule has 2 aromatic heterocycles. The molecule has 0 aliphatic heterocycles. The van der Waals surface area contributed by atoms with Crippen LogP contribution < -0.4 is 4.74 Å². The minimum atomic E-state index is -4.56. The number of nitrogens with zero attached hydrogens (tertiary/aromatic N) is 1. The van der Waals surface area contributed by atoms with Gasteiger partial charge in [0.05, 0.1) is 21.9 Å². The number of hydrogen-bond donors (Lipinski definition) is 0. The van der Waals surface area contributed by atoms with Gasteiger partial charge in [0.25, 0.3) is 0 Å². The third-order valence-electron chi connectivity index (χ3n) is 3.14. The van der Waals surface area contributed by atoms with Gasteiger partial charge in [-0.2, -0.15) is 13.2 Å². The molecule has 0 saturated carbocycles. The smallest absolute Gasteiger partial charge is 0.417 e. The van der Waals surface area contributed by atoms with Crippen LogP contribution in [0.4, 0.5) is 13.2 Å². The molecule has 3 rings (SSSR count). The monoisotopic (exact) mass is 407 g/mol. The van der Waals surface area contributed by atoms with Crippen LogP contribution >= 0.6 is 34.8 Å². The fourth-order valence-electron chi connectivity index (χ4n) is 1.99. The predicted molar refractivity (Wildman–Crippen MR) is 88.5 cm³/mol. The zero-order valence-electron chi connectivity index (χ0n) is 12.1. The lowest BCUT2D eigenvalue weighted by Gasteiger charge is -2.12. The molecule has 2 heterocycles. The van der Waals surface area contributed by atoms with Crippen LogP contribution in [0.2, 0.25) is 15.1 Å². The van der Waals surface area contributed by atoms with Crippen molar-refractivity contribution >= 4 is 34.8 Å². The molecular formula is C16H7Cl3F3NO2.